The zero-order valence-electron chi connectivity index (χ0n) is 13.0. The zero-order valence-corrected chi connectivity index (χ0v) is 13.0. The number of nitrogens with zero attached hydrogens (tertiary/aromatic N) is 1. The molecule has 1 aliphatic carbocycles. The summed E-state index contributed by atoms with van der Waals surface area (Å²) in [6.45, 7) is 7.09. The maximum absolute atomic E-state index is 12.9. The van der Waals surface area contributed by atoms with Gasteiger partial charge in [0.15, 0.2) is 0 Å². The molecule has 2 unspecified atom stereocenters. The minimum atomic E-state index is -0.511. The first-order valence-electron chi connectivity index (χ1n) is 7.54. The highest BCUT2D eigenvalue weighted by atomic mass is 16.5. The van der Waals surface area contributed by atoms with Crippen LogP contribution in [0.15, 0.2) is 30.3 Å². The molecule has 0 saturated heterocycles. The van der Waals surface area contributed by atoms with Crippen LogP contribution in [0.4, 0.5) is 0 Å². The third kappa shape index (κ3) is 2.94. The van der Waals surface area contributed by atoms with E-state index in [0.717, 1.165) is 12.0 Å². The molecule has 21 heavy (non-hydrogen) atoms. The summed E-state index contributed by atoms with van der Waals surface area (Å²) in [7, 11) is 0. The lowest BCUT2D eigenvalue weighted by Crippen LogP contribution is -2.40. The molecule has 1 amide bonds. The quantitative estimate of drug-likeness (QED) is 0.755. The Balaban J connectivity index is 2.25. The van der Waals surface area contributed by atoms with Gasteiger partial charge in [-0.25, -0.2) is 0 Å². The summed E-state index contributed by atoms with van der Waals surface area (Å²) >= 11 is 0. The predicted octanol–water partition coefficient (Wildman–Crippen LogP) is 2.38. The Hall–Kier alpha value is -1.84. The molecule has 1 saturated carbocycles. The molecular weight excluding hydrogens is 266 g/mol. The number of ether oxygens (including phenoxy) is 1. The maximum atomic E-state index is 12.9. The summed E-state index contributed by atoms with van der Waals surface area (Å²) in [5, 5.41) is 0. The van der Waals surface area contributed by atoms with Crippen molar-refractivity contribution in [2.24, 2.45) is 5.92 Å². The fraction of sp³-hybridized carbons (Fsp3) is 0.529. The lowest BCUT2D eigenvalue weighted by molar-refractivity contribution is -0.142. The largest absolute Gasteiger partial charge is 0.466 e. The van der Waals surface area contributed by atoms with Crippen LogP contribution in [0.5, 0.6) is 0 Å². The van der Waals surface area contributed by atoms with Crippen LogP contribution in [0.1, 0.15) is 32.8 Å². The number of hydrogen-bond donors (Lipinski definition) is 0. The van der Waals surface area contributed by atoms with Gasteiger partial charge in [-0.3, -0.25) is 9.59 Å². The molecule has 0 aliphatic heterocycles. The van der Waals surface area contributed by atoms with Gasteiger partial charge in [0.1, 0.15) is 0 Å². The van der Waals surface area contributed by atoms with E-state index >= 15 is 0 Å². The molecule has 0 bridgehead atoms. The second-order valence-electron chi connectivity index (χ2n) is 5.52. The van der Waals surface area contributed by atoms with E-state index in [1.807, 2.05) is 49.1 Å². The van der Waals surface area contributed by atoms with Crippen LogP contribution in [0.3, 0.4) is 0 Å². The number of esters is 1. The smallest absolute Gasteiger partial charge is 0.302 e. The monoisotopic (exact) mass is 289 g/mol. The minimum Gasteiger partial charge on any atom is -0.466 e. The van der Waals surface area contributed by atoms with Gasteiger partial charge in [-0.1, -0.05) is 30.3 Å². The first-order chi connectivity index (χ1) is 10.1. The summed E-state index contributed by atoms with van der Waals surface area (Å²) in [4.78, 5) is 25.8. The van der Waals surface area contributed by atoms with Gasteiger partial charge in [-0.05, 0) is 25.8 Å². The van der Waals surface area contributed by atoms with Gasteiger partial charge in [-0.15, -0.1) is 0 Å². The average Bonchev–Trinajstić information content (AvgIpc) is 3.23. The van der Waals surface area contributed by atoms with Gasteiger partial charge in [0.05, 0.1) is 12.0 Å². The van der Waals surface area contributed by atoms with Crippen molar-refractivity contribution in [3.63, 3.8) is 0 Å². The molecule has 1 aliphatic rings. The van der Waals surface area contributed by atoms with Gasteiger partial charge in [-0.2, -0.15) is 0 Å². The molecule has 0 spiro atoms. The molecule has 0 N–H and O–H groups in total. The van der Waals surface area contributed by atoms with Gasteiger partial charge >= 0.3 is 5.97 Å². The topological polar surface area (TPSA) is 46.6 Å². The molecule has 0 heterocycles. The summed E-state index contributed by atoms with van der Waals surface area (Å²) in [6.07, 6.45) is 0.750. The Morgan fingerprint density at radius 3 is 2.38 bits per heavy atom. The third-order valence-electron chi connectivity index (χ3n) is 4.31. The summed E-state index contributed by atoms with van der Waals surface area (Å²) in [5.74, 6) is -0.0631. The van der Waals surface area contributed by atoms with Crippen LogP contribution in [0.25, 0.3) is 0 Å². The SMILES string of the molecule is CCN(CC)C(=O)C1(c2ccccc2)CC1COC(C)=O. The van der Waals surface area contributed by atoms with E-state index in [-0.39, 0.29) is 17.8 Å². The number of hydrogen-bond acceptors (Lipinski definition) is 3. The minimum absolute atomic E-state index is 0.0805. The maximum Gasteiger partial charge on any atom is 0.302 e. The Morgan fingerprint density at radius 2 is 1.86 bits per heavy atom. The predicted molar refractivity (Wildman–Crippen MR) is 80.8 cm³/mol. The fourth-order valence-corrected chi connectivity index (χ4v) is 3.02. The van der Waals surface area contributed by atoms with Crippen molar-refractivity contribution in [2.75, 3.05) is 19.7 Å². The number of rotatable bonds is 6. The summed E-state index contributed by atoms with van der Waals surface area (Å²) in [5.41, 5.74) is 0.516. The Kier molecular flexibility index (Phi) is 4.66. The number of amides is 1. The number of benzene rings is 1. The van der Waals surface area contributed by atoms with E-state index in [1.54, 1.807) is 0 Å². The van der Waals surface area contributed by atoms with Crippen molar-refractivity contribution < 1.29 is 14.3 Å². The van der Waals surface area contributed by atoms with Crippen molar-refractivity contribution in [3.05, 3.63) is 35.9 Å². The molecule has 1 fully saturated rings. The van der Waals surface area contributed by atoms with Crippen molar-refractivity contribution in [1.82, 2.24) is 4.90 Å². The molecule has 0 radical (unpaired) electrons. The Morgan fingerprint density at radius 1 is 1.24 bits per heavy atom. The van der Waals surface area contributed by atoms with Crippen LogP contribution >= 0.6 is 0 Å². The van der Waals surface area contributed by atoms with Crippen LogP contribution in [0.2, 0.25) is 0 Å². The standard InChI is InChI=1S/C17H23NO3/c1-4-18(5-2)16(20)17(14-9-7-6-8-10-14)11-15(17)12-21-13(3)19/h6-10,15H,4-5,11-12H2,1-3H3. The van der Waals surface area contributed by atoms with Crippen LogP contribution in [-0.2, 0) is 19.7 Å². The lowest BCUT2D eigenvalue weighted by Gasteiger charge is -2.26. The van der Waals surface area contributed by atoms with Crippen LogP contribution in [-0.4, -0.2) is 36.5 Å². The highest BCUT2D eigenvalue weighted by Gasteiger charge is 2.62. The normalized spacial score (nSPS) is 23.5. The first-order valence-corrected chi connectivity index (χ1v) is 7.54. The van der Waals surface area contributed by atoms with Crippen molar-refractivity contribution >= 4 is 11.9 Å². The molecule has 114 valence electrons. The number of likely N-dealkylation sites (N-methyl/N-ethyl adjacent to an activating group) is 1. The van der Waals surface area contributed by atoms with E-state index in [9.17, 15) is 9.59 Å². The molecule has 4 nitrogen and oxygen atoms in total. The molecule has 2 rings (SSSR count). The van der Waals surface area contributed by atoms with Crippen LogP contribution in [0, 0.1) is 5.92 Å². The molecule has 0 aromatic heterocycles. The van der Waals surface area contributed by atoms with Crippen molar-refractivity contribution in [1.29, 1.82) is 0 Å². The van der Waals surface area contributed by atoms with Gasteiger partial charge < -0.3 is 9.64 Å². The highest BCUT2D eigenvalue weighted by molar-refractivity contribution is 5.92. The van der Waals surface area contributed by atoms with Gasteiger partial charge in [0.25, 0.3) is 0 Å². The van der Waals surface area contributed by atoms with Crippen LogP contribution < -0.4 is 0 Å². The Labute approximate surface area is 126 Å². The van der Waals surface area contributed by atoms with E-state index in [1.165, 1.54) is 6.92 Å². The van der Waals surface area contributed by atoms with E-state index in [2.05, 4.69) is 0 Å². The number of carbonyl (C=O) groups is 2. The summed E-state index contributed by atoms with van der Waals surface area (Å²) < 4.78 is 5.13. The van der Waals surface area contributed by atoms with E-state index in [4.69, 9.17) is 4.74 Å². The van der Waals surface area contributed by atoms with Gasteiger partial charge in [0.2, 0.25) is 5.91 Å². The second kappa shape index (κ2) is 6.29. The fourth-order valence-electron chi connectivity index (χ4n) is 3.02. The molecule has 1 aromatic carbocycles. The second-order valence-corrected chi connectivity index (χ2v) is 5.52. The summed E-state index contributed by atoms with van der Waals surface area (Å²) in [6, 6.07) is 9.84. The zero-order chi connectivity index (χ0) is 15.5. The molecule has 4 heteroatoms. The Bertz CT molecular complexity index is 510. The molecular formula is C17H23NO3. The lowest BCUT2D eigenvalue weighted by atomic mass is 9.91. The van der Waals surface area contributed by atoms with E-state index < -0.39 is 5.41 Å². The third-order valence-corrected chi connectivity index (χ3v) is 4.31. The van der Waals surface area contributed by atoms with Crippen molar-refractivity contribution in [3.8, 4) is 0 Å². The van der Waals surface area contributed by atoms with Gasteiger partial charge in [0, 0.05) is 25.9 Å². The van der Waals surface area contributed by atoms with Crippen molar-refractivity contribution in [2.45, 2.75) is 32.6 Å². The number of carbonyl (C=O) groups excluding carboxylic acids is 2. The van der Waals surface area contributed by atoms with E-state index in [0.29, 0.717) is 19.7 Å². The molecule has 1 aromatic rings. The average molecular weight is 289 g/mol. The highest BCUT2D eigenvalue weighted by Crippen LogP contribution is 2.55. The first kappa shape index (κ1) is 15.5. The molecule has 2 atom stereocenters.